The Balaban J connectivity index is 2.59. The van der Waals surface area contributed by atoms with Crippen LogP contribution in [0.25, 0.3) is 0 Å². The van der Waals surface area contributed by atoms with E-state index < -0.39 is 5.41 Å². The molecule has 1 aromatic carbocycles. The Labute approximate surface area is 139 Å². The number of carbonyl (C=O) groups is 1. The first-order chi connectivity index (χ1) is 10.5. The molecule has 0 fully saturated rings. The van der Waals surface area contributed by atoms with E-state index in [1.54, 1.807) is 0 Å². The molecule has 0 heterocycles. The Morgan fingerprint density at radius 2 is 1.70 bits per heavy atom. The van der Waals surface area contributed by atoms with Crippen LogP contribution < -0.4 is 0 Å². The van der Waals surface area contributed by atoms with E-state index in [0.29, 0.717) is 6.61 Å². The van der Waals surface area contributed by atoms with Crippen molar-refractivity contribution in [1.82, 2.24) is 0 Å². The number of benzene rings is 1. The number of hydrogen-bond donors (Lipinski definition) is 1. The summed E-state index contributed by atoms with van der Waals surface area (Å²) in [4.78, 5) is 12.1. The van der Waals surface area contributed by atoms with Crippen LogP contribution in [0.4, 0.5) is 0 Å². The van der Waals surface area contributed by atoms with Crippen LogP contribution >= 0.6 is 0 Å². The summed E-state index contributed by atoms with van der Waals surface area (Å²) in [5.74, 6) is -0.604. The molecule has 0 bridgehead atoms. The molecule has 1 atom stereocenters. The summed E-state index contributed by atoms with van der Waals surface area (Å²) in [5.41, 5.74) is 1.40. The molecule has 23 heavy (non-hydrogen) atoms. The minimum Gasteiger partial charge on any atom is -0.465 e. The van der Waals surface area contributed by atoms with Crippen LogP contribution in [0.1, 0.15) is 58.6 Å². The lowest BCUT2D eigenvalue weighted by molar-refractivity contribution is -0.148. The molecule has 0 saturated carbocycles. The lowest BCUT2D eigenvalue weighted by Gasteiger charge is -2.22. The zero-order chi connectivity index (χ0) is 17.7. The van der Waals surface area contributed by atoms with E-state index in [4.69, 9.17) is 9.47 Å². The van der Waals surface area contributed by atoms with Gasteiger partial charge in [0.15, 0.2) is 0 Å². The molecule has 1 rings (SSSR count). The van der Waals surface area contributed by atoms with Gasteiger partial charge in [0.25, 0.3) is 0 Å². The highest BCUT2D eigenvalue weighted by Crippen LogP contribution is 2.21. The summed E-state index contributed by atoms with van der Waals surface area (Å²) in [7, 11) is 0. The van der Waals surface area contributed by atoms with Crippen molar-refractivity contribution in [3.63, 3.8) is 0 Å². The Bertz CT molecular complexity index is 497. The summed E-state index contributed by atoms with van der Waals surface area (Å²) in [5, 5.41) is 9.20. The van der Waals surface area contributed by atoms with Gasteiger partial charge in [-0.05, 0) is 38.8 Å². The molecule has 0 saturated heterocycles. The van der Waals surface area contributed by atoms with E-state index in [2.05, 4.69) is 0 Å². The number of aliphatic hydroxyl groups is 1. The van der Waals surface area contributed by atoms with Crippen molar-refractivity contribution in [3.05, 3.63) is 35.4 Å². The van der Waals surface area contributed by atoms with Crippen LogP contribution in [0.5, 0.6) is 0 Å². The lowest BCUT2D eigenvalue weighted by Crippen LogP contribution is -2.27. The smallest absolute Gasteiger partial charge is 0.313 e. The molecule has 0 aliphatic heterocycles. The second-order valence-electron chi connectivity index (χ2n) is 7.79. The minimum atomic E-state index is -0.413. The fourth-order valence-corrected chi connectivity index (χ4v) is 1.78. The van der Waals surface area contributed by atoms with Gasteiger partial charge in [0.05, 0.1) is 31.3 Å². The highest BCUT2D eigenvalue weighted by molar-refractivity contribution is 5.77. The normalized spacial score (nSPS) is 13.7. The second-order valence-corrected chi connectivity index (χ2v) is 7.79. The molecule has 4 heteroatoms. The highest BCUT2D eigenvalue weighted by Gasteiger charge is 2.22. The molecule has 0 aliphatic rings. The first-order valence-electron chi connectivity index (χ1n) is 8.04. The number of aliphatic hydroxyl groups excluding tert-OH is 1. The topological polar surface area (TPSA) is 55.8 Å². The minimum absolute atomic E-state index is 0.0167. The monoisotopic (exact) mass is 322 g/mol. The van der Waals surface area contributed by atoms with Gasteiger partial charge in [-0.2, -0.15) is 0 Å². The fourth-order valence-electron chi connectivity index (χ4n) is 1.78. The highest BCUT2D eigenvalue weighted by atomic mass is 16.5. The molecule has 1 aromatic rings. The van der Waals surface area contributed by atoms with Crippen molar-refractivity contribution in [2.45, 2.75) is 59.7 Å². The van der Waals surface area contributed by atoms with Gasteiger partial charge < -0.3 is 14.6 Å². The standard InChI is InChI=1S/C19H30O4/c1-14(17(21)22-13-19(5,6)12-20)16-9-7-15(8-10-16)11-23-18(2,3)4/h7-10,14,20H,11-13H2,1-6H3/t14-/m0/s1. The molecule has 0 aromatic heterocycles. The summed E-state index contributed by atoms with van der Waals surface area (Å²) in [6.45, 7) is 12.3. The summed E-state index contributed by atoms with van der Waals surface area (Å²) >= 11 is 0. The van der Waals surface area contributed by atoms with E-state index in [1.807, 2.05) is 65.8 Å². The largest absolute Gasteiger partial charge is 0.465 e. The van der Waals surface area contributed by atoms with Crippen LogP contribution in [-0.2, 0) is 20.9 Å². The zero-order valence-corrected chi connectivity index (χ0v) is 15.2. The molecule has 1 N–H and O–H groups in total. The maximum atomic E-state index is 12.1. The molecule has 4 nitrogen and oxygen atoms in total. The van der Waals surface area contributed by atoms with Crippen LogP contribution in [0, 0.1) is 5.41 Å². The van der Waals surface area contributed by atoms with E-state index >= 15 is 0 Å². The van der Waals surface area contributed by atoms with Crippen LogP contribution in [0.2, 0.25) is 0 Å². The first kappa shape index (κ1) is 19.7. The van der Waals surface area contributed by atoms with Gasteiger partial charge in [-0.25, -0.2) is 0 Å². The second kappa shape index (κ2) is 7.93. The number of carbonyl (C=O) groups excluding carboxylic acids is 1. The predicted molar refractivity (Wildman–Crippen MR) is 91.2 cm³/mol. The third-order valence-corrected chi connectivity index (χ3v) is 3.54. The Morgan fingerprint density at radius 1 is 1.13 bits per heavy atom. The number of rotatable bonds is 7. The molecule has 0 amide bonds. The maximum absolute atomic E-state index is 12.1. The predicted octanol–water partition coefficient (Wildman–Crippen LogP) is 3.67. The van der Waals surface area contributed by atoms with Crippen LogP contribution in [-0.4, -0.2) is 29.9 Å². The van der Waals surface area contributed by atoms with Crippen molar-refractivity contribution in [1.29, 1.82) is 0 Å². The van der Waals surface area contributed by atoms with E-state index in [-0.39, 0.29) is 30.7 Å². The van der Waals surface area contributed by atoms with Crippen molar-refractivity contribution >= 4 is 5.97 Å². The zero-order valence-electron chi connectivity index (χ0n) is 15.2. The molecule has 130 valence electrons. The van der Waals surface area contributed by atoms with E-state index in [0.717, 1.165) is 11.1 Å². The lowest BCUT2D eigenvalue weighted by atomic mass is 9.96. The first-order valence-corrected chi connectivity index (χ1v) is 8.04. The van der Waals surface area contributed by atoms with Gasteiger partial charge >= 0.3 is 5.97 Å². The van der Waals surface area contributed by atoms with Crippen LogP contribution in [0.3, 0.4) is 0 Å². The number of hydrogen-bond acceptors (Lipinski definition) is 4. The quantitative estimate of drug-likeness (QED) is 0.778. The summed E-state index contributed by atoms with van der Waals surface area (Å²) in [6, 6.07) is 7.82. The molecule has 0 unspecified atom stereocenters. The maximum Gasteiger partial charge on any atom is 0.313 e. The average molecular weight is 322 g/mol. The van der Waals surface area contributed by atoms with Gasteiger partial charge in [-0.15, -0.1) is 0 Å². The summed E-state index contributed by atoms with van der Waals surface area (Å²) in [6.07, 6.45) is 0. The van der Waals surface area contributed by atoms with Crippen molar-refractivity contribution < 1.29 is 19.4 Å². The number of esters is 1. The molecular weight excluding hydrogens is 292 g/mol. The average Bonchev–Trinajstić information content (AvgIpc) is 2.50. The van der Waals surface area contributed by atoms with Crippen molar-refractivity contribution in [2.75, 3.05) is 13.2 Å². The Morgan fingerprint density at radius 3 is 2.17 bits per heavy atom. The van der Waals surface area contributed by atoms with E-state index in [1.165, 1.54) is 0 Å². The van der Waals surface area contributed by atoms with Gasteiger partial charge in [0.1, 0.15) is 0 Å². The summed E-state index contributed by atoms with van der Waals surface area (Å²) < 4.78 is 11.0. The molecule has 0 radical (unpaired) electrons. The van der Waals surface area contributed by atoms with Crippen LogP contribution in [0.15, 0.2) is 24.3 Å². The fraction of sp³-hybridized carbons (Fsp3) is 0.632. The third kappa shape index (κ3) is 7.14. The van der Waals surface area contributed by atoms with Gasteiger partial charge in [0.2, 0.25) is 0 Å². The Kier molecular flexibility index (Phi) is 6.78. The van der Waals surface area contributed by atoms with Gasteiger partial charge in [0, 0.05) is 5.41 Å². The van der Waals surface area contributed by atoms with E-state index in [9.17, 15) is 9.90 Å². The molecule has 0 aliphatic carbocycles. The Hall–Kier alpha value is -1.39. The SMILES string of the molecule is C[C@H](C(=O)OCC(C)(C)CO)c1ccc(COC(C)(C)C)cc1. The van der Waals surface area contributed by atoms with Crippen molar-refractivity contribution in [2.24, 2.45) is 5.41 Å². The molecular formula is C19H30O4. The van der Waals surface area contributed by atoms with Gasteiger partial charge in [-0.1, -0.05) is 38.1 Å². The number of ether oxygens (including phenoxy) is 2. The van der Waals surface area contributed by atoms with Crippen molar-refractivity contribution in [3.8, 4) is 0 Å². The molecule has 0 spiro atoms. The third-order valence-electron chi connectivity index (χ3n) is 3.54. The van der Waals surface area contributed by atoms with Gasteiger partial charge in [-0.3, -0.25) is 4.79 Å².